The maximum Gasteiger partial charge on any atom is 0.169 e. The summed E-state index contributed by atoms with van der Waals surface area (Å²) in [6.07, 6.45) is 1.57. The van der Waals surface area contributed by atoms with Crippen LogP contribution in [0.4, 0.5) is 5.82 Å². The van der Waals surface area contributed by atoms with Gasteiger partial charge in [0.05, 0.1) is 0 Å². The third kappa shape index (κ3) is 2.69. The monoisotopic (exact) mass is 187 g/mol. The van der Waals surface area contributed by atoms with Gasteiger partial charge >= 0.3 is 0 Å². The minimum atomic E-state index is 0.180. The molecule has 3 N–H and O–H groups in total. The maximum absolute atomic E-state index is 5.66. The van der Waals surface area contributed by atoms with Gasteiger partial charge in [0, 0.05) is 11.2 Å². The second kappa shape index (κ2) is 3.50. The SMILES string of the molecule is NC(=S)Nc1cc(Cl)ccn1. The summed E-state index contributed by atoms with van der Waals surface area (Å²) in [5.74, 6) is 0.560. The predicted octanol–water partition coefficient (Wildman–Crippen LogP) is 1.39. The number of anilines is 1. The second-order valence-corrected chi connectivity index (χ2v) is 2.72. The minimum absolute atomic E-state index is 0.180. The number of hydrogen-bond acceptors (Lipinski definition) is 2. The van der Waals surface area contributed by atoms with E-state index in [1.807, 2.05) is 0 Å². The molecule has 11 heavy (non-hydrogen) atoms. The van der Waals surface area contributed by atoms with Crippen LogP contribution >= 0.6 is 23.8 Å². The molecule has 1 heterocycles. The highest BCUT2D eigenvalue weighted by atomic mass is 35.5. The number of pyridine rings is 1. The summed E-state index contributed by atoms with van der Waals surface area (Å²) >= 11 is 10.3. The maximum atomic E-state index is 5.66. The first-order valence-electron chi connectivity index (χ1n) is 2.86. The van der Waals surface area contributed by atoms with Crippen LogP contribution in [0.15, 0.2) is 18.3 Å². The van der Waals surface area contributed by atoms with Crippen LogP contribution in [0.2, 0.25) is 5.02 Å². The molecule has 0 bridgehead atoms. The van der Waals surface area contributed by atoms with E-state index >= 15 is 0 Å². The lowest BCUT2D eigenvalue weighted by atomic mass is 10.5. The second-order valence-electron chi connectivity index (χ2n) is 1.85. The lowest BCUT2D eigenvalue weighted by molar-refractivity contribution is 1.32. The van der Waals surface area contributed by atoms with Crippen LogP contribution in [0.3, 0.4) is 0 Å². The molecule has 0 radical (unpaired) electrons. The molecule has 1 aromatic rings. The molecule has 0 aromatic carbocycles. The average Bonchev–Trinajstić information content (AvgIpc) is 1.85. The van der Waals surface area contributed by atoms with Crippen molar-refractivity contribution in [1.29, 1.82) is 0 Å². The number of thiocarbonyl (C=S) groups is 1. The molecule has 1 aromatic heterocycles. The molecule has 0 aliphatic carbocycles. The molecule has 5 heteroatoms. The molecule has 0 atom stereocenters. The van der Waals surface area contributed by atoms with Crippen molar-refractivity contribution in [3.05, 3.63) is 23.4 Å². The molecule has 0 saturated carbocycles. The van der Waals surface area contributed by atoms with E-state index in [9.17, 15) is 0 Å². The van der Waals surface area contributed by atoms with E-state index in [0.29, 0.717) is 10.8 Å². The standard InChI is InChI=1S/C6H6ClN3S/c7-4-1-2-9-5(3-4)10-6(8)11/h1-3H,(H3,8,9,10,11). The molecule has 0 fully saturated rings. The van der Waals surface area contributed by atoms with Gasteiger partial charge in [-0.15, -0.1) is 0 Å². The number of nitrogens with zero attached hydrogens (tertiary/aromatic N) is 1. The Morgan fingerprint density at radius 1 is 1.73 bits per heavy atom. The van der Waals surface area contributed by atoms with E-state index in [1.54, 1.807) is 18.3 Å². The topological polar surface area (TPSA) is 50.9 Å². The largest absolute Gasteiger partial charge is 0.376 e. The van der Waals surface area contributed by atoms with Crippen molar-refractivity contribution < 1.29 is 0 Å². The summed E-state index contributed by atoms with van der Waals surface area (Å²) < 4.78 is 0. The first-order chi connectivity index (χ1) is 5.18. The number of nitrogens with one attached hydrogen (secondary N) is 1. The zero-order chi connectivity index (χ0) is 8.27. The van der Waals surface area contributed by atoms with Crippen molar-refractivity contribution in [2.24, 2.45) is 5.73 Å². The first kappa shape index (κ1) is 8.23. The quantitative estimate of drug-likeness (QED) is 0.653. The summed E-state index contributed by atoms with van der Waals surface area (Å²) in [4.78, 5) is 3.92. The predicted molar refractivity (Wildman–Crippen MR) is 49.7 cm³/mol. The average molecular weight is 188 g/mol. The van der Waals surface area contributed by atoms with E-state index in [2.05, 4.69) is 22.5 Å². The van der Waals surface area contributed by atoms with Gasteiger partial charge in [-0.05, 0) is 24.4 Å². The smallest absolute Gasteiger partial charge is 0.169 e. The lowest BCUT2D eigenvalue weighted by Crippen LogP contribution is -2.19. The Bertz CT molecular complexity index is 276. The normalized spacial score (nSPS) is 9.18. The Kier molecular flexibility index (Phi) is 2.62. The summed E-state index contributed by atoms with van der Waals surface area (Å²) in [6.45, 7) is 0. The van der Waals surface area contributed by atoms with Gasteiger partial charge in [-0.25, -0.2) is 4.98 Å². The van der Waals surface area contributed by atoms with Crippen LogP contribution in [-0.2, 0) is 0 Å². The Balaban J connectivity index is 2.79. The molecule has 3 nitrogen and oxygen atoms in total. The number of hydrogen-bond donors (Lipinski definition) is 2. The third-order valence-corrected chi connectivity index (χ3v) is 1.31. The van der Waals surface area contributed by atoms with Crippen LogP contribution in [0, 0.1) is 0 Å². The van der Waals surface area contributed by atoms with Crippen molar-refractivity contribution in [2.75, 3.05) is 5.32 Å². The Labute approximate surface area is 74.6 Å². The van der Waals surface area contributed by atoms with Crippen LogP contribution in [0.5, 0.6) is 0 Å². The van der Waals surface area contributed by atoms with Gasteiger partial charge in [-0.2, -0.15) is 0 Å². The Hall–Kier alpha value is -0.870. The number of halogens is 1. The summed E-state index contributed by atoms with van der Waals surface area (Å²) in [5, 5.41) is 3.44. The number of aromatic nitrogens is 1. The molecule has 0 saturated heterocycles. The van der Waals surface area contributed by atoms with Crippen LogP contribution in [0.1, 0.15) is 0 Å². The van der Waals surface area contributed by atoms with E-state index in [-0.39, 0.29) is 5.11 Å². The minimum Gasteiger partial charge on any atom is -0.376 e. The molecule has 1 rings (SSSR count). The van der Waals surface area contributed by atoms with Gasteiger partial charge in [-0.3, -0.25) is 0 Å². The van der Waals surface area contributed by atoms with E-state index in [0.717, 1.165) is 0 Å². The first-order valence-corrected chi connectivity index (χ1v) is 3.65. The number of rotatable bonds is 1. The van der Waals surface area contributed by atoms with Gasteiger partial charge in [0.1, 0.15) is 5.82 Å². The number of nitrogens with two attached hydrogens (primary N) is 1. The fraction of sp³-hybridized carbons (Fsp3) is 0. The molecule has 0 unspecified atom stereocenters. The van der Waals surface area contributed by atoms with Crippen molar-refractivity contribution in [1.82, 2.24) is 4.98 Å². The zero-order valence-corrected chi connectivity index (χ0v) is 7.12. The molecule has 0 aliphatic rings. The molecule has 0 amide bonds. The lowest BCUT2D eigenvalue weighted by Gasteiger charge is -2.00. The summed E-state index contributed by atoms with van der Waals surface area (Å²) in [5.41, 5.74) is 5.21. The fourth-order valence-electron chi connectivity index (χ4n) is 0.599. The van der Waals surface area contributed by atoms with Crippen LogP contribution in [0.25, 0.3) is 0 Å². The third-order valence-electron chi connectivity index (χ3n) is 0.973. The van der Waals surface area contributed by atoms with Gasteiger partial charge in [-0.1, -0.05) is 11.6 Å². The molecule has 0 aliphatic heterocycles. The highest BCUT2D eigenvalue weighted by Gasteiger charge is 1.93. The Morgan fingerprint density at radius 2 is 2.45 bits per heavy atom. The van der Waals surface area contributed by atoms with Crippen molar-refractivity contribution >= 4 is 34.7 Å². The van der Waals surface area contributed by atoms with E-state index in [4.69, 9.17) is 17.3 Å². The van der Waals surface area contributed by atoms with Gasteiger partial charge in [0.15, 0.2) is 5.11 Å². The summed E-state index contributed by atoms with van der Waals surface area (Å²) in [7, 11) is 0. The highest BCUT2D eigenvalue weighted by Crippen LogP contribution is 2.10. The van der Waals surface area contributed by atoms with E-state index in [1.165, 1.54) is 0 Å². The van der Waals surface area contributed by atoms with Crippen molar-refractivity contribution in [2.45, 2.75) is 0 Å². The molecule has 58 valence electrons. The molecular formula is C6H6ClN3S. The molecular weight excluding hydrogens is 182 g/mol. The van der Waals surface area contributed by atoms with Crippen molar-refractivity contribution in [3.63, 3.8) is 0 Å². The van der Waals surface area contributed by atoms with Gasteiger partial charge in [0.2, 0.25) is 0 Å². The van der Waals surface area contributed by atoms with Crippen molar-refractivity contribution in [3.8, 4) is 0 Å². The Morgan fingerprint density at radius 3 is 3.00 bits per heavy atom. The van der Waals surface area contributed by atoms with Gasteiger partial charge < -0.3 is 11.1 Å². The summed E-state index contributed by atoms with van der Waals surface area (Å²) in [6, 6.07) is 3.31. The molecule has 0 spiro atoms. The fourth-order valence-corrected chi connectivity index (χ4v) is 0.864. The van der Waals surface area contributed by atoms with Crippen LogP contribution in [-0.4, -0.2) is 10.1 Å². The van der Waals surface area contributed by atoms with Gasteiger partial charge in [0.25, 0.3) is 0 Å². The van der Waals surface area contributed by atoms with E-state index < -0.39 is 0 Å². The highest BCUT2D eigenvalue weighted by molar-refractivity contribution is 7.80. The van der Waals surface area contributed by atoms with Crippen LogP contribution < -0.4 is 11.1 Å². The zero-order valence-electron chi connectivity index (χ0n) is 5.54.